The third-order valence-corrected chi connectivity index (χ3v) is 10.1. The van der Waals surface area contributed by atoms with Gasteiger partial charge in [-0.25, -0.2) is 9.59 Å². The van der Waals surface area contributed by atoms with E-state index in [4.69, 9.17) is 9.47 Å². The smallest absolute Gasteiger partial charge is 0.323 e. The highest BCUT2D eigenvalue weighted by atomic mass is 16.5. The van der Waals surface area contributed by atoms with Gasteiger partial charge in [0.15, 0.2) is 0 Å². The van der Waals surface area contributed by atoms with E-state index >= 15 is 0 Å². The lowest BCUT2D eigenvalue weighted by atomic mass is 9.96. The second kappa shape index (κ2) is 18.2. The van der Waals surface area contributed by atoms with Crippen molar-refractivity contribution in [1.29, 1.82) is 0 Å². The van der Waals surface area contributed by atoms with Crippen LogP contribution in [0.4, 0.5) is 21.0 Å². The molecule has 0 spiro atoms. The highest BCUT2D eigenvalue weighted by molar-refractivity contribution is 6.07. The molecule has 1 fully saturated rings. The molecule has 0 aromatic heterocycles. The lowest BCUT2D eigenvalue weighted by Gasteiger charge is -2.36. The number of aliphatic hydroxyl groups is 1. The van der Waals surface area contributed by atoms with Crippen LogP contribution in [0, 0.1) is 5.92 Å². The first-order chi connectivity index (χ1) is 24.6. The average molecular weight is 702 g/mol. The maximum Gasteiger partial charge on any atom is 0.323 e. The summed E-state index contributed by atoms with van der Waals surface area (Å²) >= 11 is 0. The van der Waals surface area contributed by atoms with Crippen molar-refractivity contribution in [1.82, 2.24) is 15.1 Å². The zero-order valence-corrected chi connectivity index (χ0v) is 30.5. The topological polar surface area (TPSA) is 132 Å². The number of nitrogens with one attached hydrogen (secondary N) is 3. The molecular formula is C40H55N5O6. The monoisotopic (exact) mass is 701 g/mol. The van der Waals surface area contributed by atoms with Gasteiger partial charge in [0.1, 0.15) is 5.75 Å². The number of urea groups is 2. The third-order valence-electron chi connectivity index (χ3n) is 10.1. The number of fused-ring (bicyclic) bond motifs is 2. The van der Waals surface area contributed by atoms with Gasteiger partial charge in [-0.15, -0.1) is 0 Å². The first-order valence-corrected chi connectivity index (χ1v) is 18.5. The van der Waals surface area contributed by atoms with Gasteiger partial charge in [-0.1, -0.05) is 62.6 Å². The predicted molar refractivity (Wildman–Crippen MR) is 201 cm³/mol. The Hall–Kier alpha value is -4.35. The summed E-state index contributed by atoms with van der Waals surface area (Å²) in [6, 6.07) is 17.7. The number of hydrogen-bond donors (Lipinski definition) is 4. The van der Waals surface area contributed by atoms with E-state index < -0.39 is 12.1 Å². The quantitative estimate of drug-likeness (QED) is 0.205. The molecule has 5 amide bonds. The van der Waals surface area contributed by atoms with Crippen LogP contribution in [0.1, 0.15) is 82.5 Å². The standard InChI is InChI=1S/C40H55N5O6/c1-27-24-45(28(2)26-46)38(47)34-23-32(41-39(48)43-35-19-12-15-30-14-8-9-18-33(30)35)20-21-36(34)51-29(3)13-10-11-22-50-37(27)25-44(4)40(49)42-31-16-6-5-7-17-31/h8-9,12,14-15,18-21,23,27-29,31,37,46H,5-7,10-11,13,16-17,22,24-26H2,1-4H3,(H,42,49)(H2,41,43,48)/t27-,28+,29+,37+/m1/s1. The molecule has 51 heavy (non-hydrogen) atoms. The number of aliphatic hydroxyl groups excluding tert-OH is 1. The van der Waals surface area contributed by atoms with Crippen LogP contribution >= 0.6 is 0 Å². The SMILES string of the molecule is C[C@@H]1CN([C@@H](C)CO)C(=O)c2cc(NC(=O)Nc3cccc4ccccc34)ccc2O[C@@H](C)CCCCO[C@H]1CN(C)C(=O)NC1CCCCC1. The van der Waals surface area contributed by atoms with Crippen LogP contribution in [0.15, 0.2) is 60.7 Å². The maximum absolute atomic E-state index is 14.5. The summed E-state index contributed by atoms with van der Waals surface area (Å²) in [5.41, 5.74) is 1.38. The average Bonchev–Trinajstić information content (AvgIpc) is 3.13. The molecule has 11 heteroatoms. The molecule has 0 saturated heterocycles. The second-order valence-electron chi connectivity index (χ2n) is 14.3. The van der Waals surface area contributed by atoms with E-state index in [9.17, 15) is 19.5 Å². The van der Waals surface area contributed by atoms with E-state index in [1.807, 2.05) is 56.3 Å². The minimum Gasteiger partial charge on any atom is -0.490 e. The minimum atomic E-state index is -0.516. The van der Waals surface area contributed by atoms with Gasteiger partial charge in [0.2, 0.25) is 0 Å². The molecule has 1 aliphatic heterocycles. The Bertz CT molecular complexity index is 1620. The summed E-state index contributed by atoms with van der Waals surface area (Å²) in [6.07, 6.45) is 7.41. The second-order valence-corrected chi connectivity index (χ2v) is 14.3. The molecule has 11 nitrogen and oxygen atoms in total. The molecule has 0 radical (unpaired) electrons. The fraction of sp³-hybridized carbons (Fsp3) is 0.525. The fourth-order valence-electron chi connectivity index (χ4n) is 6.97. The maximum atomic E-state index is 14.5. The number of hydrogen-bond acceptors (Lipinski definition) is 6. The summed E-state index contributed by atoms with van der Waals surface area (Å²) in [7, 11) is 1.79. The van der Waals surface area contributed by atoms with Crippen LogP contribution in [0.25, 0.3) is 10.8 Å². The number of carbonyl (C=O) groups excluding carboxylic acids is 3. The Morgan fingerprint density at radius 2 is 1.71 bits per heavy atom. The molecular weight excluding hydrogens is 646 g/mol. The van der Waals surface area contributed by atoms with Crippen molar-refractivity contribution in [2.24, 2.45) is 5.92 Å². The number of benzene rings is 3. The molecule has 1 heterocycles. The Morgan fingerprint density at radius 3 is 2.49 bits per heavy atom. The lowest BCUT2D eigenvalue weighted by molar-refractivity contribution is -0.0123. The van der Waals surface area contributed by atoms with Gasteiger partial charge in [-0.05, 0) is 75.6 Å². The van der Waals surface area contributed by atoms with Gasteiger partial charge in [0, 0.05) is 49.8 Å². The first-order valence-electron chi connectivity index (χ1n) is 18.5. The highest BCUT2D eigenvalue weighted by Crippen LogP contribution is 2.29. The van der Waals surface area contributed by atoms with Gasteiger partial charge < -0.3 is 40.3 Å². The summed E-state index contributed by atoms with van der Waals surface area (Å²) in [6.45, 7) is 6.72. The minimum absolute atomic E-state index is 0.113. The summed E-state index contributed by atoms with van der Waals surface area (Å²) in [4.78, 5) is 44.2. The predicted octanol–water partition coefficient (Wildman–Crippen LogP) is 7.25. The van der Waals surface area contributed by atoms with Gasteiger partial charge in [0.25, 0.3) is 5.91 Å². The van der Waals surface area contributed by atoms with Crippen LogP contribution < -0.4 is 20.7 Å². The van der Waals surface area contributed by atoms with Crippen LogP contribution in [-0.2, 0) is 4.74 Å². The van der Waals surface area contributed by atoms with Gasteiger partial charge >= 0.3 is 12.1 Å². The zero-order valence-electron chi connectivity index (χ0n) is 30.5. The number of likely N-dealkylation sites (N-methyl/N-ethyl adjacent to an activating group) is 1. The molecule has 4 atom stereocenters. The number of nitrogens with zero attached hydrogens (tertiary/aromatic N) is 2. The van der Waals surface area contributed by atoms with Crippen molar-refractivity contribution in [3.8, 4) is 5.75 Å². The molecule has 4 N–H and O–H groups in total. The Labute approximate surface area is 302 Å². The molecule has 3 aromatic carbocycles. The molecule has 5 rings (SSSR count). The van der Waals surface area contributed by atoms with E-state index in [2.05, 4.69) is 16.0 Å². The number of ether oxygens (including phenoxy) is 2. The van der Waals surface area contributed by atoms with E-state index in [0.29, 0.717) is 30.3 Å². The van der Waals surface area contributed by atoms with Crippen molar-refractivity contribution in [2.45, 2.75) is 96.4 Å². The molecule has 1 saturated carbocycles. The third kappa shape index (κ3) is 10.4. The molecule has 3 aromatic rings. The number of carbonyl (C=O) groups is 3. The summed E-state index contributed by atoms with van der Waals surface area (Å²) in [5, 5.41) is 21.2. The number of anilines is 2. The lowest BCUT2D eigenvalue weighted by Crippen LogP contribution is -2.50. The highest BCUT2D eigenvalue weighted by Gasteiger charge is 2.31. The van der Waals surface area contributed by atoms with Crippen molar-refractivity contribution < 1.29 is 29.0 Å². The summed E-state index contributed by atoms with van der Waals surface area (Å²) < 4.78 is 12.8. The Balaban J connectivity index is 1.36. The van der Waals surface area contributed by atoms with Gasteiger partial charge in [0.05, 0.1) is 36.1 Å². The fourth-order valence-corrected chi connectivity index (χ4v) is 6.97. The van der Waals surface area contributed by atoms with Crippen LogP contribution in [0.2, 0.25) is 0 Å². The molecule has 0 unspecified atom stereocenters. The number of rotatable bonds is 7. The Kier molecular flexibility index (Phi) is 13.5. The molecule has 0 bridgehead atoms. The van der Waals surface area contributed by atoms with E-state index in [1.165, 1.54) is 6.42 Å². The largest absolute Gasteiger partial charge is 0.490 e. The first kappa shape index (κ1) is 37.9. The molecule has 276 valence electrons. The molecule has 1 aliphatic carbocycles. The van der Waals surface area contributed by atoms with Crippen molar-refractivity contribution >= 4 is 40.1 Å². The van der Waals surface area contributed by atoms with Gasteiger partial charge in [-0.3, -0.25) is 4.79 Å². The molecule has 2 aliphatic rings. The Morgan fingerprint density at radius 1 is 0.961 bits per heavy atom. The van der Waals surface area contributed by atoms with Crippen molar-refractivity contribution in [3.63, 3.8) is 0 Å². The normalized spacial score (nSPS) is 21.5. The van der Waals surface area contributed by atoms with Crippen molar-refractivity contribution in [3.05, 3.63) is 66.2 Å². The zero-order chi connectivity index (χ0) is 36.3. The van der Waals surface area contributed by atoms with E-state index in [-0.39, 0.29) is 54.8 Å². The van der Waals surface area contributed by atoms with E-state index in [1.54, 1.807) is 42.0 Å². The van der Waals surface area contributed by atoms with Gasteiger partial charge in [-0.2, -0.15) is 0 Å². The summed E-state index contributed by atoms with van der Waals surface area (Å²) in [5.74, 6) is -0.0888. The van der Waals surface area contributed by atoms with Crippen LogP contribution in [0.3, 0.4) is 0 Å². The van der Waals surface area contributed by atoms with Crippen LogP contribution in [-0.4, -0.2) is 90.5 Å². The number of amides is 5. The van der Waals surface area contributed by atoms with Crippen LogP contribution in [0.5, 0.6) is 5.75 Å². The van der Waals surface area contributed by atoms with E-state index in [0.717, 1.165) is 55.7 Å². The van der Waals surface area contributed by atoms with Crippen molar-refractivity contribution in [2.75, 3.05) is 44.0 Å².